The Labute approximate surface area is 104 Å². The van der Waals surface area contributed by atoms with Crippen molar-refractivity contribution in [1.82, 2.24) is 20.2 Å². The van der Waals surface area contributed by atoms with Crippen molar-refractivity contribution in [3.8, 4) is 0 Å². The molecule has 1 aromatic heterocycles. The van der Waals surface area contributed by atoms with Crippen molar-refractivity contribution in [2.24, 2.45) is 12.8 Å². The summed E-state index contributed by atoms with van der Waals surface area (Å²) in [5.74, 6) is 0. The van der Waals surface area contributed by atoms with E-state index in [0.717, 1.165) is 16.5 Å². The molecule has 0 saturated carbocycles. The summed E-state index contributed by atoms with van der Waals surface area (Å²) in [4.78, 5) is 1.12. The number of hydrogen-bond donors (Lipinski definition) is 1. The molecule has 0 fully saturated rings. The van der Waals surface area contributed by atoms with Gasteiger partial charge < -0.3 is 5.73 Å². The lowest BCUT2D eigenvalue weighted by Gasteiger charge is -2.05. The molecule has 0 saturated heterocycles. The highest BCUT2D eigenvalue weighted by molar-refractivity contribution is 7.99. The van der Waals surface area contributed by atoms with Gasteiger partial charge in [0.15, 0.2) is 0 Å². The minimum absolute atomic E-state index is 0.191. The van der Waals surface area contributed by atoms with Crippen molar-refractivity contribution in [2.45, 2.75) is 29.4 Å². The Hall–Kier alpha value is -1.40. The van der Waals surface area contributed by atoms with Gasteiger partial charge in [0.1, 0.15) is 0 Å². The number of rotatable bonds is 4. The first-order chi connectivity index (χ1) is 8.15. The zero-order chi connectivity index (χ0) is 12.3. The zero-order valence-corrected chi connectivity index (χ0v) is 10.7. The summed E-state index contributed by atoms with van der Waals surface area (Å²) in [6, 6.07) is 8.51. The van der Waals surface area contributed by atoms with E-state index in [2.05, 4.69) is 39.8 Å². The summed E-state index contributed by atoms with van der Waals surface area (Å²) < 4.78 is 1.65. The fourth-order valence-corrected chi connectivity index (χ4v) is 2.21. The van der Waals surface area contributed by atoms with Crippen molar-refractivity contribution >= 4 is 11.8 Å². The van der Waals surface area contributed by atoms with E-state index < -0.39 is 0 Å². The number of aryl methyl sites for hydroxylation is 1. The molecule has 0 aliphatic rings. The Morgan fingerprint density at radius 3 is 2.59 bits per heavy atom. The minimum Gasteiger partial charge on any atom is -0.328 e. The van der Waals surface area contributed by atoms with Crippen LogP contribution in [0.2, 0.25) is 0 Å². The lowest BCUT2D eigenvalue weighted by atomic mass is 10.1. The Morgan fingerprint density at radius 1 is 1.35 bits per heavy atom. The van der Waals surface area contributed by atoms with Crippen LogP contribution in [0, 0.1) is 0 Å². The summed E-state index contributed by atoms with van der Waals surface area (Å²) >= 11 is 1.54. The lowest BCUT2D eigenvalue weighted by molar-refractivity contribution is 0.664. The van der Waals surface area contributed by atoms with Gasteiger partial charge in [0.2, 0.25) is 5.16 Å². The first kappa shape index (κ1) is 12.1. The predicted molar refractivity (Wildman–Crippen MR) is 66.7 cm³/mol. The van der Waals surface area contributed by atoms with Crippen LogP contribution >= 0.6 is 11.8 Å². The smallest absolute Gasteiger partial charge is 0.213 e. The summed E-state index contributed by atoms with van der Waals surface area (Å²) in [5, 5.41) is 12.1. The molecule has 0 aliphatic carbocycles. The number of hydrogen-bond acceptors (Lipinski definition) is 5. The maximum Gasteiger partial charge on any atom is 0.213 e. The minimum atomic E-state index is 0.191. The van der Waals surface area contributed by atoms with Gasteiger partial charge in [-0.25, -0.2) is 4.68 Å². The number of aromatic nitrogens is 4. The van der Waals surface area contributed by atoms with Crippen LogP contribution in [0.25, 0.3) is 0 Å². The molecular weight excluding hydrogens is 234 g/mol. The van der Waals surface area contributed by atoms with Crippen LogP contribution in [0.4, 0.5) is 0 Å². The van der Waals surface area contributed by atoms with E-state index in [4.69, 9.17) is 5.73 Å². The Morgan fingerprint density at radius 2 is 2.06 bits per heavy atom. The van der Waals surface area contributed by atoms with Gasteiger partial charge in [0, 0.05) is 18.0 Å². The zero-order valence-electron chi connectivity index (χ0n) is 9.87. The molecule has 0 radical (unpaired) electrons. The highest BCUT2D eigenvalue weighted by atomic mass is 32.2. The van der Waals surface area contributed by atoms with Gasteiger partial charge in [-0.1, -0.05) is 12.1 Å². The monoisotopic (exact) mass is 249 g/mol. The molecule has 1 aromatic carbocycles. The molecule has 6 heteroatoms. The molecule has 2 N–H and O–H groups in total. The number of benzene rings is 1. The summed E-state index contributed by atoms with van der Waals surface area (Å²) in [5.41, 5.74) is 7.01. The normalized spacial score (nSPS) is 12.6. The largest absolute Gasteiger partial charge is 0.328 e. The van der Waals surface area contributed by atoms with Crippen molar-refractivity contribution in [3.05, 3.63) is 29.8 Å². The van der Waals surface area contributed by atoms with Crippen LogP contribution in [-0.2, 0) is 13.5 Å². The van der Waals surface area contributed by atoms with Gasteiger partial charge in [-0.05, 0) is 53.2 Å². The van der Waals surface area contributed by atoms with Crippen LogP contribution in [0.5, 0.6) is 0 Å². The van der Waals surface area contributed by atoms with E-state index in [1.165, 1.54) is 5.56 Å². The van der Waals surface area contributed by atoms with E-state index >= 15 is 0 Å². The maximum atomic E-state index is 5.76. The van der Waals surface area contributed by atoms with Crippen molar-refractivity contribution in [3.63, 3.8) is 0 Å². The van der Waals surface area contributed by atoms with Gasteiger partial charge >= 0.3 is 0 Å². The molecule has 1 atom stereocenters. The quantitative estimate of drug-likeness (QED) is 0.883. The summed E-state index contributed by atoms with van der Waals surface area (Å²) in [6.45, 7) is 2.01. The van der Waals surface area contributed by atoms with Crippen LogP contribution in [0.1, 0.15) is 12.5 Å². The lowest BCUT2D eigenvalue weighted by Crippen LogP contribution is -2.17. The van der Waals surface area contributed by atoms with E-state index in [0.29, 0.717) is 0 Å². The molecular formula is C11H15N5S. The van der Waals surface area contributed by atoms with E-state index in [1.54, 1.807) is 16.4 Å². The molecule has 2 aromatic rings. The summed E-state index contributed by atoms with van der Waals surface area (Å²) in [6.07, 6.45) is 0.899. The first-order valence-electron chi connectivity index (χ1n) is 5.40. The maximum absolute atomic E-state index is 5.76. The highest BCUT2D eigenvalue weighted by Crippen LogP contribution is 2.24. The highest BCUT2D eigenvalue weighted by Gasteiger charge is 2.05. The van der Waals surface area contributed by atoms with Crippen LogP contribution in [-0.4, -0.2) is 26.2 Å². The van der Waals surface area contributed by atoms with Gasteiger partial charge in [-0.15, -0.1) is 5.10 Å². The van der Waals surface area contributed by atoms with E-state index in [9.17, 15) is 0 Å². The van der Waals surface area contributed by atoms with Gasteiger partial charge in [-0.2, -0.15) is 0 Å². The fraction of sp³-hybridized carbons (Fsp3) is 0.364. The van der Waals surface area contributed by atoms with Crippen molar-refractivity contribution in [1.29, 1.82) is 0 Å². The number of nitrogens with two attached hydrogens (primary N) is 1. The topological polar surface area (TPSA) is 69.6 Å². The third-order valence-corrected chi connectivity index (χ3v) is 3.31. The van der Waals surface area contributed by atoms with Crippen molar-refractivity contribution in [2.75, 3.05) is 0 Å². The molecule has 1 heterocycles. The van der Waals surface area contributed by atoms with Crippen LogP contribution in [0.15, 0.2) is 34.3 Å². The molecule has 1 unspecified atom stereocenters. The van der Waals surface area contributed by atoms with Gasteiger partial charge in [-0.3, -0.25) is 0 Å². The third kappa shape index (κ3) is 3.28. The Balaban J connectivity index is 2.06. The molecule has 0 amide bonds. The van der Waals surface area contributed by atoms with Gasteiger partial charge in [0.25, 0.3) is 0 Å². The van der Waals surface area contributed by atoms with E-state index in [-0.39, 0.29) is 6.04 Å². The number of tetrazole rings is 1. The molecule has 90 valence electrons. The average Bonchev–Trinajstić information content (AvgIpc) is 2.67. The Kier molecular flexibility index (Phi) is 3.75. The fourth-order valence-electron chi connectivity index (χ4n) is 1.48. The molecule has 17 heavy (non-hydrogen) atoms. The molecule has 0 bridgehead atoms. The van der Waals surface area contributed by atoms with Crippen molar-refractivity contribution < 1.29 is 0 Å². The SMILES string of the molecule is CC(N)Cc1ccc(Sc2nnnn2C)cc1. The molecule has 2 rings (SSSR count). The standard InChI is InChI=1S/C11H15N5S/c1-8(12)7-9-3-5-10(6-4-9)17-11-13-14-15-16(11)2/h3-6,8H,7,12H2,1-2H3. The predicted octanol–water partition coefficient (Wildman–Crippen LogP) is 1.25. The molecule has 0 aliphatic heterocycles. The molecule has 0 spiro atoms. The van der Waals surface area contributed by atoms with Gasteiger partial charge in [0.05, 0.1) is 0 Å². The van der Waals surface area contributed by atoms with Crippen LogP contribution < -0.4 is 5.73 Å². The number of nitrogens with zero attached hydrogens (tertiary/aromatic N) is 4. The van der Waals surface area contributed by atoms with E-state index in [1.807, 2.05) is 14.0 Å². The first-order valence-corrected chi connectivity index (χ1v) is 6.21. The third-order valence-electron chi connectivity index (χ3n) is 2.27. The second-order valence-electron chi connectivity index (χ2n) is 4.01. The second-order valence-corrected chi connectivity index (χ2v) is 5.05. The van der Waals surface area contributed by atoms with Crippen LogP contribution in [0.3, 0.4) is 0 Å². The molecule has 5 nitrogen and oxygen atoms in total. The Bertz CT molecular complexity index is 477. The summed E-state index contributed by atoms with van der Waals surface area (Å²) in [7, 11) is 1.83. The average molecular weight is 249 g/mol. The second kappa shape index (κ2) is 5.29.